The van der Waals surface area contributed by atoms with Crippen molar-refractivity contribution in [3.05, 3.63) is 42.5 Å². The molecule has 2 aromatic heterocycles. The molecule has 88 valence electrons. The van der Waals surface area contributed by atoms with Gasteiger partial charge in [0.2, 0.25) is 0 Å². The van der Waals surface area contributed by atoms with Gasteiger partial charge < -0.3 is 10.5 Å². The minimum Gasteiger partial charge on any atom is -0.459 e. The lowest BCUT2D eigenvalue weighted by Gasteiger charge is -2.04. The lowest BCUT2D eigenvalue weighted by atomic mass is 10.3. The van der Waals surface area contributed by atoms with E-state index in [0.29, 0.717) is 12.2 Å². The van der Waals surface area contributed by atoms with Gasteiger partial charge in [0.25, 0.3) is 0 Å². The minimum atomic E-state index is -0.461. The molecule has 6 nitrogen and oxygen atoms in total. The summed E-state index contributed by atoms with van der Waals surface area (Å²) in [4.78, 5) is 15.4. The van der Waals surface area contributed by atoms with Gasteiger partial charge in [0, 0.05) is 12.4 Å². The summed E-state index contributed by atoms with van der Waals surface area (Å²) >= 11 is 0. The first-order valence-electron chi connectivity index (χ1n) is 5.12. The van der Waals surface area contributed by atoms with Crippen LogP contribution < -0.4 is 5.73 Å². The van der Waals surface area contributed by atoms with Gasteiger partial charge in [0.15, 0.2) is 0 Å². The molecule has 0 spiro atoms. The van der Waals surface area contributed by atoms with E-state index in [1.54, 1.807) is 23.1 Å². The summed E-state index contributed by atoms with van der Waals surface area (Å²) in [5.41, 5.74) is 6.23. The highest BCUT2D eigenvalue weighted by Gasteiger charge is 2.07. The Morgan fingerprint density at radius 2 is 2.35 bits per heavy atom. The Labute approximate surface area is 98.0 Å². The Bertz CT molecular complexity index is 479. The fraction of sp³-hybridized carbons (Fsp3) is 0.182. The lowest BCUT2D eigenvalue weighted by Crippen LogP contribution is -2.12. The van der Waals surface area contributed by atoms with Gasteiger partial charge in [-0.05, 0) is 18.2 Å². The third-order valence-electron chi connectivity index (χ3n) is 2.11. The Balaban J connectivity index is 1.83. The van der Waals surface area contributed by atoms with Gasteiger partial charge in [0.05, 0.1) is 18.4 Å². The zero-order valence-electron chi connectivity index (χ0n) is 9.11. The summed E-state index contributed by atoms with van der Waals surface area (Å²) in [6.07, 6.45) is 4.89. The van der Waals surface area contributed by atoms with Gasteiger partial charge in [-0.2, -0.15) is 5.10 Å². The molecular formula is C11H12N4O2. The van der Waals surface area contributed by atoms with Gasteiger partial charge in [-0.3, -0.25) is 4.68 Å². The van der Waals surface area contributed by atoms with Crippen molar-refractivity contribution >= 4 is 11.7 Å². The van der Waals surface area contributed by atoms with Crippen molar-refractivity contribution in [2.24, 2.45) is 0 Å². The molecular weight excluding hydrogens is 220 g/mol. The van der Waals surface area contributed by atoms with Crippen LogP contribution in [-0.4, -0.2) is 27.3 Å². The van der Waals surface area contributed by atoms with Gasteiger partial charge in [0.1, 0.15) is 12.3 Å². The van der Waals surface area contributed by atoms with Crippen molar-refractivity contribution in [1.82, 2.24) is 14.8 Å². The molecule has 2 rings (SSSR count). The van der Waals surface area contributed by atoms with Crippen LogP contribution in [0.15, 0.2) is 36.8 Å². The lowest BCUT2D eigenvalue weighted by molar-refractivity contribution is 0.0481. The van der Waals surface area contributed by atoms with E-state index >= 15 is 0 Å². The molecule has 17 heavy (non-hydrogen) atoms. The van der Waals surface area contributed by atoms with Crippen LogP contribution in [0.5, 0.6) is 0 Å². The normalized spacial score (nSPS) is 10.1. The van der Waals surface area contributed by atoms with Gasteiger partial charge in [-0.25, -0.2) is 9.78 Å². The first-order valence-corrected chi connectivity index (χ1v) is 5.12. The average Bonchev–Trinajstić information content (AvgIpc) is 2.83. The number of hydrogen-bond acceptors (Lipinski definition) is 5. The molecule has 0 bridgehead atoms. The summed E-state index contributed by atoms with van der Waals surface area (Å²) in [5, 5.41) is 3.99. The first kappa shape index (κ1) is 11.1. The Hall–Kier alpha value is -2.37. The summed E-state index contributed by atoms with van der Waals surface area (Å²) in [7, 11) is 0. The molecule has 2 aromatic rings. The molecule has 0 aliphatic rings. The number of pyridine rings is 1. The maximum atomic E-state index is 11.5. The highest BCUT2D eigenvalue weighted by molar-refractivity contribution is 5.87. The number of nitrogen functional groups attached to an aromatic ring is 1. The van der Waals surface area contributed by atoms with Crippen LogP contribution >= 0.6 is 0 Å². The van der Waals surface area contributed by atoms with E-state index in [0.717, 1.165) is 0 Å². The molecule has 0 saturated carbocycles. The molecule has 0 saturated heterocycles. The van der Waals surface area contributed by atoms with E-state index in [9.17, 15) is 4.79 Å². The first-order chi connectivity index (χ1) is 8.25. The second-order valence-corrected chi connectivity index (χ2v) is 3.38. The quantitative estimate of drug-likeness (QED) is 0.785. The molecule has 0 amide bonds. The summed E-state index contributed by atoms with van der Waals surface area (Å²) in [6.45, 7) is 0.778. The van der Waals surface area contributed by atoms with Crippen LogP contribution in [-0.2, 0) is 11.3 Å². The number of carbonyl (C=O) groups is 1. The summed E-state index contributed by atoms with van der Waals surface area (Å²) in [6, 6.07) is 4.95. The smallest absolute Gasteiger partial charge is 0.356 e. The summed E-state index contributed by atoms with van der Waals surface area (Å²) < 4.78 is 6.72. The molecule has 6 heteroatoms. The highest BCUT2D eigenvalue weighted by Crippen LogP contribution is 2.02. The van der Waals surface area contributed by atoms with Crippen molar-refractivity contribution in [3.8, 4) is 0 Å². The van der Waals surface area contributed by atoms with Crippen molar-refractivity contribution < 1.29 is 9.53 Å². The van der Waals surface area contributed by atoms with Crippen LogP contribution in [0.25, 0.3) is 0 Å². The molecule has 0 aromatic carbocycles. The molecule has 0 atom stereocenters. The Kier molecular flexibility index (Phi) is 3.34. The third-order valence-corrected chi connectivity index (χ3v) is 2.11. The van der Waals surface area contributed by atoms with Crippen LogP contribution in [0, 0.1) is 0 Å². The summed E-state index contributed by atoms with van der Waals surface area (Å²) in [5.74, 6) is -0.461. The number of esters is 1. The maximum absolute atomic E-state index is 11.5. The number of carbonyl (C=O) groups excluding carboxylic acids is 1. The number of rotatable bonds is 4. The number of aromatic nitrogens is 3. The average molecular weight is 232 g/mol. The van der Waals surface area contributed by atoms with E-state index in [2.05, 4.69) is 10.1 Å². The van der Waals surface area contributed by atoms with Crippen LogP contribution in [0.4, 0.5) is 5.69 Å². The molecule has 0 aliphatic carbocycles. The third kappa shape index (κ3) is 3.04. The van der Waals surface area contributed by atoms with Crippen molar-refractivity contribution in [2.75, 3.05) is 12.3 Å². The fourth-order valence-electron chi connectivity index (χ4n) is 1.26. The number of nitrogens with zero attached hydrogens (tertiary/aromatic N) is 3. The zero-order chi connectivity index (χ0) is 12.1. The van der Waals surface area contributed by atoms with Crippen LogP contribution in [0.1, 0.15) is 10.5 Å². The second-order valence-electron chi connectivity index (χ2n) is 3.38. The number of ether oxygens (including phenoxy) is 1. The predicted molar refractivity (Wildman–Crippen MR) is 61.2 cm³/mol. The largest absolute Gasteiger partial charge is 0.459 e. The number of hydrogen-bond donors (Lipinski definition) is 1. The molecule has 2 N–H and O–H groups in total. The highest BCUT2D eigenvalue weighted by atomic mass is 16.5. The molecule has 0 radical (unpaired) electrons. The Morgan fingerprint density at radius 3 is 3.00 bits per heavy atom. The fourth-order valence-corrected chi connectivity index (χ4v) is 1.26. The van der Waals surface area contributed by atoms with Crippen LogP contribution in [0.2, 0.25) is 0 Å². The minimum absolute atomic E-state index is 0.250. The molecule has 0 aliphatic heterocycles. The van der Waals surface area contributed by atoms with Gasteiger partial charge >= 0.3 is 5.97 Å². The van der Waals surface area contributed by atoms with Gasteiger partial charge in [-0.1, -0.05) is 0 Å². The number of nitrogens with two attached hydrogens (primary N) is 1. The van der Waals surface area contributed by atoms with E-state index in [4.69, 9.17) is 10.5 Å². The van der Waals surface area contributed by atoms with E-state index in [-0.39, 0.29) is 12.3 Å². The Morgan fingerprint density at radius 1 is 1.47 bits per heavy atom. The zero-order valence-corrected chi connectivity index (χ0v) is 9.11. The standard InChI is InChI=1S/C11H12N4O2/c12-9-2-3-10(13-8-9)11(16)17-7-6-15-5-1-4-14-15/h1-5,8H,6-7,12H2. The molecule has 2 heterocycles. The van der Waals surface area contributed by atoms with Crippen molar-refractivity contribution in [1.29, 1.82) is 0 Å². The van der Waals surface area contributed by atoms with Crippen molar-refractivity contribution in [3.63, 3.8) is 0 Å². The van der Waals surface area contributed by atoms with Crippen LogP contribution in [0.3, 0.4) is 0 Å². The molecule has 0 fully saturated rings. The monoisotopic (exact) mass is 232 g/mol. The second kappa shape index (κ2) is 5.11. The maximum Gasteiger partial charge on any atom is 0.356 e. The SMILES string of the molecule is Nc1ccc(C(=O)OCCn2cccn2)nc1. The van der Waals surface area contributed by atoms with E-state index in [1.165, 1.54) is 12.3 Å². The van der Waals surface area contributed by atoms with Crippen molar-refractivity contribution in [2.45, 2.75) is 6.54 Å². The van der Waals surface area contributed by atoms with E-state index < -0.39 is 5.97 Å². The topological polar surface area (TPSA) is 83.0 Å². The predicted octanol–water partition coefficient (Wildman–Crippen LogP) is 0.717. The molecule has 0 unspecified atom stereocenters. The van der Waals surface area contributed by atoms with E-state index in [1.807, 2.05) is 6.07 Å². The number of anilines is 1. The van der Waals surface area contributed by atoms with Gasteiger partial charge in [-0.15, -0.1) is 0 Å².